The van der Waals surface area contributed by atoms with E-state index in [1.165, 1.54) is 18.5 Å². The summed E-state index contributed by atoms with van der Waals surface area (Å²) < 4.78 is 5.82. The Labute approximate surface area is 118 Å². The van der Waals surface area contributed by atoms with Gasteiger partial charge in [0.05, 0.1) is 11.8 Å². The van der Waals surface area contributed by atoms with E-state index in [-0.39, 0.29) is 5.56 Å². The van der Waals surface area contributed by atoms with E-state index < -0.39 is 5.97 Å². The average molecular weight is 271 g/mol. The first-order valence-electron chi connectivity index (χ1n) is 6.44. The van der Waals surface area contributed by atoms with Gasteiger partial charge < -0.3 is 9.84 Å². The monoisotopic (exact) mass is 271 g/mol. The van der Waals surface area contributed by atoms with Gasteiger partial charge in [0.2, 0.25) is 0 Å². The van der Waals surface area contributed by atoms with E-state index in [0.717, 1.165) is 16.9 Å². The van der Waals surface area contributed by atoms with E-state index in [1.54, 1.807) is 0 Å². The zero-order chi connectivity index (χ0) is 14.7. The molecular formula is C16H17NO3. The quantitative estimate of drug-likeness (QED) is 0.912. The predicted octanol–water partition coefficient (Wildman–Crippen LogP) is 4.00. The number of carbonyl (C=O) groups is 1. The maximum atomic E-state index is 10.9. The number of aromatic nitrogens is 1. The van der Waals surface area contributed by atoms with Gasteiger partial charge in [-0.1, -0.05) is 26.0 Å². The van der Waals surface area contributed by atoms with E-state index in [1.807, 2.05) is 25.1 Å². The highest BCUT2D eigenvalue weighted by Gasteiger charge is 2.11. The lowest BCUT2D eigenvalue weighted by Crippen LogP contribution is -1.99. The molecule has 2 aromatic rings. The number of nitrogens with zero attached hydrogens (tertiary/aromatic N) is 1. The number of aryl methyl sites for hydroxylation is 1. The van der Waals surface area contributed by atoms with Gasteiger partial charge in [-0.2, -0.15) is 0 Å². The molecule has 1 aromatic heterocycles. The fourth-order valence-electron chi connectivity index (χ4n) is 1.93. The minimum absolute atomic E-state index is 0.112. The first kappa shape index (κ1) is 14.1. The van der Waals surface area contributed by atoms with Crippen LogP contribution in [0.4, 0.5) is 0 Å². The Kier molecular flexibility index (Phi) is 4.03. The molecule has 104 valence electrons. The molecule has 0 unspecified atom stereocenters. The molecule has 0 bridgehead atoms. The second kappa shape index (κ2) is 5.74. The van der Waals surface area contributed by atoms with Crippen LogP contribution in [0.3, 0.4) is 0 Å². The van der Waals surface area contributed by atoms with E-state index >= 15 is 0 Å². The summed E-state index contributed by atoms with van der Waals surface area (Å²) in [6.07, 6.45) is 2.81. The molecule has 0 radical (unpaired) electrons. The zero-order valence-corrected chi connectivity index (χ0v) is 11.8. The first-order valence-corrected chi connectivity index (χ1v) is 6.44. The third-order valence-corrected chi connectivity index (χ3v) is 2.98. The molecular weight excluding hydrogens is 254 g/mol. The van der Waals surface area contributed by atoms with Crippen LogP contribution < -0.4 is 4.74 Å². The second-order valence-electron chi connectivity index (χ2n) is 5.01. The largest absolute Gasteiger partial charge is 0.478 e. The van der Waals surface area contributed by atoms with E-state index in [0.29, 0.717) is 11.7 Å². The normalized spacial score (nSPS) is 10.6. The third kappa shape index (κ3) is 3.15. The summed E-state index contributed by atoms with van der Waals surface area (Å²) in [5.41, 5.74) is 2.28. The summed E-state index contributed by atoms with van der Waals surface area (Å²) in [6.45, 7) is 6.16. The molecule has 0 fully saturated rings. The Morgan fingerprint density at radius 2 is 2.00 bits per heavy atom. The molecule has 2 rings (SSSR count). The Morgan fingerprint density at radius 3 is 2.65 bits per heavy atom. The number of carboxylic acid groups (broad SMARTS) is 1. The summed E-state index contributed by atoms with van der Waals surface area (Å²) in [4.78, 5) is 14.8. The molecule has 0 saturated heterocycles. The van der Waals surface area contributed by atoms with Crippen molar-refractivity contribution in [3.05, 3.63) is 53.3 Å². The summed E-state index contributed by atoms with van der Waals surface area (Å²) in [5, 5.41) is 8.97. The lowest BCUT2D eigenvalue weighted by molar-refractivity contribution is 0.0696. The molecule has 1 aromatic carbocycles. The van der Waals surface area contributed by atoms with Crippen molar-refractivity contribution in [3.8, 4) is 11.5 Å². The number of rotatable bonds is 4. The third-order valence-electron chi connectivity index (χ3n) is 2.98. The van der Waals surface area contributed by atoms with Crippen LogP contribution in [0, 0.1) is 6.92 Å². The number of pyridine rings is 1. The van der Waals surface area contributed by atoms with Gasteiger partial charge in [-0.15, -0.1) is 0 Å². The molecule has 0 amide bonds. The SMILES string of the molecule is Cc1ccc(C(C)C)c(Oc2cncc(C(=O)O)c2)c1. The Morgan fingerprint density at radius 1 is 1.25 bits per heavy atom. The summed E-state index contributed by atoms with van der Waals surface area (Å²) in [5.74, 6) is 0.472. The fourth-order valence-corrected chi connectivity index (χ4v) is 1.93. The summed E-state index contributed by atoms with van der Waals surface area (Å²) in [6, 6.07) is 7.49. The van der Waals surface area contributed by atoms with Gasteiger partial charge in [0.1, 0.15) is 11.5 Å². The van der Waals surface area contributed by atoms with Crippen LogP contribution in [0.2, 0.25) is 0 Å². The molecule has 1 N–H and O–H groups in total. The highest BCUT2D eigenvalue weighted by atomic mass is 16.5. The molecule has 0 aliphatic rings. The summed E-state index contributed by atoms with van der Waals surface area (Å²) in [7, 11) is 0. The molecule has 4 nitrogen and oxygen atoms in total. The topological polar surface area (TPSA) is 59.4 Å². The molecule has 0 aliphatic carbocycles. The van der Waals surface area contributed by atoms with Gasteiger partial charge >= 0.3 is 5.97 Å². The van der Waals surface area contributed by atoms with Crippen LogP contribution in [0.1, 0.15) is 41.3 Å². The van der Waals surface area contributed by atoms with Crippen molar-refractivity contribution in [1.82, 2.24) is 4.98 Å². The number of ether oxygens (including phenoxy) is 1. The number of hydrogen-bond acceptors (Lipinski definition) is 3. The molecule has 0 saturated carbocycles. The summed E-state index contributed by atoms with van der Waals surface area (Å²) >= 11 is 0. The molecule has 0 spiro atoms. The average Bonchev–Trinajstić information content (AvgIpc) is 2.38. The maximum Gasteiger partial charge on any atom is 0.337 e. The van der Waals surface area contributed by atoms with E-state index in [9.17, 15) is 4.79 Å². The van der Waals surface area contributed by atoms with Gasteiger partial charge in [0.25, 0.3) is 0 Å². The number of carboxylic acids is 1. The van der Waals surface area contributed by atoms with Crippen molar-refractivity contribution in [2.45, 2.75) is 26.7 Å². The van der Waals surface area contributed by atoms with Crippen molar-refractivity contribution >= 4 is 5.97 Å². The van der Waals surface area contributed by atoms with Crippen LogP contribution in [0.25, 0.3) is 0 Å². The number of benzene rings is 1. The number of aromatic carboxylic acids is 1. The fraction of sp³-hybridized carbons (Fsp3) is 0.250. The maximum absolute atomic E-state index is 10.9. The highest BCUT2D eigenvalue weighted by Crippen LogP contribution is 2.31. The highest BCUT2D eigenvalue weighted by molar-refractivity contribution is 5.87. The molecule has 1 heterocycles. The van der Waals surface area contributed by atoms with Crippen molar-refractivity contribution in [2.24, 2.45) is 0 Å². The van der Waals surface area contributed by atoms with Crippen LogP contribution >= 0.6 is 0 Å². The number of hydrogen-bond donors (Lipinski definition) is 1. The Balaban J connectivity index is 2.36. The van der Waals surface area contributed by atoms with E-state index in [4.69, 9.17) is 9.84 Å². The molecule has 20 heavy (non-hydrogen) atoms. The van der Waals surface area contributed by atoms with Crippen molar-refractivity contribution in [1.29, 1.82) is 0 Å². The second-order valence-corrected chi connectivity index (χ2v) is 5.01. The first-order chi connectivity index (χ1) is 9.47. The van der Waals surface area contributed by atoms with E-state index in [2.05, 4.69) is 18.8 Å². The minimum atomic E-state index is -1.02. The van der Waals surface area contributed by atoms with Gasteiger partial charge in [-0.05, 0) is 36.1 Å². The lowest BCUT2D eigenvalue weighted by Gasteiger charge is -2.14. The van der Waals surface area contributed by atoms with Gasteiger partial charge in [-0.25, -0.2) is 4.79 Å². The van der Waals surface area contributed by atoms with Crippen molar-refractivity contribution < 1.29 is 14.6 Å². The van der Waals surface area contributed by atoms with Crippen molar-refractivity contribution in [3.63, 3.8) is 0 Å². The van der Waals surface area contributed by atoms with Crippen LogP contribution in [0.5, 0.6) is 11.5 Å². The standard InChI is InChI=1S/C16H17NO3/c1-10(2)14-5-4-11(3)6-15(14)20-13-7-12(16(18)19)8-17-9-13/h4-10H,1-3H3,(H,18,19). The minimum Gasteiger partial charge on any atom is -0.478 e. The smallest absolute Gasteiger partial charge is 0.337 e. The van der Waals surface area contributed by atoms with Gasteiger partial charge in [0, 0.05) is 6.20 Å². The lowest BCUT2D eigenvalue weighted by atomic mass is 10.0. The molecule has 4 heteroatoms. The van der Waals surface area contributed by atoms with Crippen LogP contribution in [-0.2, 0) is 0 Å². The Bertz CT molecular complexity index is 635. The zero-order valence-electron chi connectivity index (χ0n) is 11.8. The Hall–Kier alpha value is -2.36. The van der Waals surface area contributed by atoms with Crippen LogP contribution in [-0.4, -0.2) is 16.1 Å². The van der Waals surface area contributed by atoms with Gasteiger partial charge in [0.15, 0.2) is 0 Å². The molecule has 0 atom stereocenters. The van der Waals surface area contributed by atoms with Crippen LogP contribution in [0.15, 0.2) is 36.7 Å². The van der Waals surface area contributed by atoms with Gasteiger partial charge in [-0.3, -0.25) is 4.98 Å². The predicted molar refractivity (Wildman–Crippen MR) is 76.5 cm³/mol. The van der Waals surface area contributed by atoms with Crippen molar-refractivity contribution in [2.75, 3.05) is 0 Å². The molecule has 0 aliphatic heterocycles.